The number of carbonyl (C=O) groups excluding carboxylic acids is 1. The SMILES string of the molecule is CCC(CO)NC(=O)Cc1ccc(NC(C)C2CCCC2)cc1. The minimum Gasteiger partial charge on any atom is -0.394 e. The Labute approximate surface area is 139 Å². The number of benzene rings is 1. The molecule has 0 aliphatic heterocycles. The molecule has 0 spiro atoms. The standard InChI is InChI=1S/C19H30N2O2/c1-3-17(13-22)21-19(23)12-15-8-10-18(11-9-15)20-14(2)16-6-4-5-7-16/h8-11,14,16-17,20,22H,3-7,12-13H2,1-2H3,(H,21,23). The number of nitrogens with one attached hydrogen (secondary N) is 2. The van der Waals surface area contributed by atoms with Crippen LogP contribution in [0, 0.1) is 5.92 Å². The molecule has 2 unspecified atom stereocenters. The molecule has 1 aliphatic carbocycles. The van der Waals surface area contributed by atoms with Crippen LogP contribution in [0.1, 0.15) is 51.5 Å². The van der Waals surface area contributed by atoms with Crippen LogP contribution in [0.2, 0.25) is 0 Å². The molecule has 1 amide bonds. The van der Waals surface area contributed by atoms with E-state index in [1.54, 1.807) is 0 Å². The maximum absolute atomic E-state index is 11.9. The van der Waals surface area contributed by atoms with Gasteiger partial charge in [-0.15, -0.1) is 0 Å². The molecule has 1 aromatic rings. The molecule has 4 nitrogen and oxygen atoms in total. The summed E-state index contributed by atoms with van der Waals surface area (Å²) in [5, 5.41) is 15.6. The zero-order chi connectivity index (χ0) is 16.7. The predicted molar refractivity (Wildman–Crippen MR) is 94.5 cm³/mol. The van der Waals surface area contributed by atoms with Crippen LogP contribution < -0.4 is 10.6 Å². The second-order valence-electron chi connectivity index (χ2n) is 6.71. The van der Waals surface area contributed by atoms with Gasteiger partial charge in [0.15, 0.2) is 0 Å². The molecule has 4 heteroatoms. The number of amides is 1. The average molecular weight is 318 g/mol. The smallest absolute Gasteiger partial charge is 0.224 e. The quantitative estimate of drug-likeness (QED) is 0.690. The first-order valence-corrected chi connectivity index (χ1v) is 8.88. The van der Waals surface area contributed by atoms with Gasteiger partial charge in [0.05, 0.1) is 19.1 Å². The maximum atomic E-state index is 11.9. The molecule has 2 rings (SSSR count). The molecule has 1 aliphatic rings. The highest BCUT2D eigenvalue weighted by Crippen LogP contribution is 2.29. The van der Waals surface area contributed by atoms with Gasteiger partial charge in [0, 0.05) is 11.7 Å². The summed E-state index contributed by atoms with van der Waals surface area (Å²) in [7, 11) is 0. The summed E-state index contributed by atoms with van der Waals surface area (Å²) in [5.41, 5.74) is 2.12. The van der Waals surface area contributed by atoms with Gasteiger partial charge in [0.2, 0.25) is 5.91 Å². The lowest BCUT2D eigenvalue weighted by atomic mass is 9.99. The first-order chi connectivity index (χ1) is 11.1. The maximum Gasteiger partial charge on any atom is 0.224 e. The highest BCUT2D eigenvalue weighted by Gasteiger charge is 2.21. The molecule has 0 saturated heterocycles. The Balaban J connectivity index is 1.82. The van der Waals surface area contributed by atoms with Gasteiger partial charge in [-0.2, -0.15) is 0 Å². The summed E-state index contributed by atoms with van der Waals surface area (Å²) in [5.74, 6) is 0.746. The molecule has 0 bridgehead atoms. The van der Waals surface area contributed by atoms with Crippen LogP contribution in [-0.4, -0.2) is 29.7 Å². The van der Waals surface area contributed by atoms with E-state index in [4.69, 9.17) is 5.11 Å². The van der Waals surface area contributed by atoms with Crippen molar-refractivity contribution in [2.75, 3.05) is 11.9 Å². The number of aliphatic hydroxyl groups excluding tert-OH is 1. The van der Waals surface area contributed by atoms with Crippen LogP contribution in [-0.2, 0) is 11.2 Å². The van der Waals surface area contributed by atoms with Crippen molar-refractivity contribution < 1.29 is 9.90 Å². The van der Waals surface area contributed by atoms with E-state index < -0.39 is 0 Å². The zero-order valence-corrected chi connectivity index (χ0v) is 14.3. The van der Waals surface area contributed by atoms with E-state index in [1.807, 2.05) is 19.1 Å². The van der Waals surface area contributed by atoms with Gasteiger partial charge in [-0.3, -0.25) is 4.79 Å². The monoisotopic (exact) mass is 318 g/mol. The molecule has 1 fully saturated rings. The van der Waals surface area contributed by atoms with Crippen LogP contribution in [0.4, 0.5) is 5.69 Å². The molecular formula is C19H30N2O2. The van der Waals surface area contributed by atoms with Crippen LogP contribution in [0.3, 0.4) is 0 Å². The second-order valence-corrected chi connectivity index (χ2v) is 6.71. The van der Waals surface area contributed by atoms with E-state index in [9.17, 15) is 4.79 Å². The molecule has 1 saturated carbocycles. The zero-order valence-electron chi connectivity index (χ0n) is 14.3. The van der Waals surface area contributed by atoms with E-state index >= 15 is 0 Å². The number of anilines is 1. The molecule has 2 atom stereocenters. The summed E-state index contributed by atoms with van der Waals surface area (Å²) < 4.78 is 0. The van der Waals surface area contributed by atoms with Gasteiger partial charge in [-0.05, 0) is 49.8 Å². The largest absolute Gasteiger partial charge is 0.394 e. The fourth-order valence-electron chi connectivity index (χ4n) is 3.30. The van der Waals surface area contributed by atoms with Gasteiger partial charge >= 0.3 is 0 Å². The normalized spacial score (nSPS) is 17.7. The molecular weight excluding hydrogens is 288 g/mol. The van der Waals surface area contributed by atoms with E-state index in [0.717, 1.165) is 23.6 Å². The number of rotatable bonds is 8. The Bertz CT molecular complexity index is 477. The molecule has 128 valence electrons. The molecule has 0 aromatic heterocycles. The van der Waals surface area contributed by atoms with E-state index in [0.29, 0.717) is 12.5 Å². The van der Waals surface area contributed by atoms with Gasteiger partial charge in [-0.1, -0.05) is 31.9 Å². The Morgan fingerprint density at radius 1 is 1.26 bits per heavy atom. The van der Waals surface area contributed by atoms with Gasteiger partial charge < -0.3 is 15.7 Å². The first kappa shape index (κ1) is 17.8. The fraction of sp³-hybridized carbons (Fsp3) is 0.632. The summed E-state index contributed by atoms with van der Waals surface area (Å²) in [4.78, 5) is 11.9. The van der Waals surface area contributed by atoms with Crippen LogP contribution in [0.5, 0.6) is 0 Å². The molecule has 1 aromatic carbocycles. The van der Waals surface area contributed by atoms with Crippen molar-refractivity contribution in [1.82, 2.24) is 5.32 Å². The Morgan fingerprint density at radius 2 is 1.91 bits per heavy atom. The molecule has 23 heavy (non-hydrogen) atoms. The molecule has 3 N–H and O–H groups in total. The van der Waals surface area contributed by atoms with Crippen molar-refractivity contribution in [2.45, 2.75) is 64.5 Å². The number of hydrogen-bond acceptors (Lipinski definition) is 3. The summed E-state index contributed by atoms with van der Waals surface area (Å²) in [6, 6.07) is 8.47. The first-order valence-electron chi connectivity index (χ1n) is 8.88. The van der Waals surface area contributed by atoms with Crippen molar-refractivity contribution in [1.29, 1.82) is 0 Å². The lowest BCUT2D eigenvalue weighted by molar-refractivity contribution is -0.121. The van der Waals surface area contributed by atoms with E-state index in [2.05, 4.69) is 29.7 Å². The van der Waals surface area contributed by atoms with Crippen molar-refractivity contribution >= 4 is 11.6 Å². The van der Waals surface area contributed by atoms with Crippen LogP contribution in [0.15, 0.2) is 24.3 Å². The fourth-order valence-corrected chi connectivity index (χ4v) is 3.30. The third-order valence-corrected chi connectivity index (χ3v) is 4.90. The van der Waals surface area contributed by atoms with Crippen LogP contribution in [0.25, 0.3) is 0 Å². The van der Waals surface area contributed by atoms with Gasteiger partial charge in [-0.25, -0.2) is 0 Å². The minimum absolute atomic E-state index is 0.00977. The van der Waals surface area contributed by atoms with Crippen molar-refractivity contribution in [3.63, 3.8) is 0 Å². The van der Waals surface area contributed by atoms with E-state index in [-0.39, 0.29) is 18.6 Å². The molecule has 0 radical (unpaired) electrons. The van der Waals surface area contributed by atoms with E-state index in [1.165, 1.54) is 25.7 Å². The van der Waals surface area contributed by atoms with Crippen molar-refractivity contribution in [2.24, 2.45) is 5.92 Å². The lowest BCUT2D eigenvalue weighted by Gasteiger charge is -2.21. The Morgan fingerprint density at radius 3 is 2.48 bits per heavy atom. The summed E-state index contributed by atoms with van der Waals surface area (Å²) >= 11 is 0. The summed E-state index contributed by atoms with van der Waals surface area (Å²) in [6.45, 7) is 4.20. The van der Waals surface area contributed by atoms with Crippen LogP contribution >= 0.6 is 0 Å². The topological polar surface area (TPSA) is 61.4 Å². The Kier molecular flexibility index (Phi) is 6.90. The molecule has 0 heterocycles. The Hall–Kier alpha value is -1.55. The number of aliphatic hydroxyl groups is 1. The highest BCUT2D eigenvalue weighted by molar-refractivity contribution is 5.79. The van der Waals surface area contributed by atoms with Gasteiger partial charge in [0.25, 0.3) is 0 Å². The number of hydrogen-bond donors (Lipinski definition) is 3. The van der Waals surface area contributed by atoms with Crippen molar-refractivity contribution in [3.8, 4) is 0 Å². The van der Waals surface area contributed by atoms with Crippen molar-refractivity contribution in [3.05, 3.63) is 29.8 Å². The third kappa shape index (κ3) is 5.54. The minimum atomic E-state index is -0.143. The number of carbonyl (C=O) groups is 1. The lowest BCUT2D eigenvalue weighted by Crippen LogP contribution is -2.37. The third-order valence-electron chi connectivity index (χ3n) is 4.90. The van der Waals surface area contributed by atoms with Gasteiger partial charge in [0.1, 0.15) is 0 Å². The second kappa shape index (κ2) is 8.92. The highest BCUT2D eigenvalue weighted by atomic mass is 16.3. The average Bonchev–Trinajstić information content (AvgIpc) is 3.09. The summed E-state index contributed by atoms with van der Waals surface area (Å²) in [6.07, 6.45) is 6.47. The predicted octanol–water partition coefficient (Wildman–Crippen LogP) is 3.11.